The predicted octanol–water partition coefficient (Wildman–Crippen LogP) is 3.58. The third kappa shape index (κ3) is 2.97. The average Bonchev–Trinajstić information content (AvgIpc) is 3.37. The van der Waals surface area contributed by atoms with Crippen molar-refractivity contribution in [2.24, 2.45) is 0 Å². The molecule has 3 aromatic rings. The molecule has 0 atom stereocenters. The van der Waals surface area contributed by atoms with Crippen molar-refractivity contribution in [2.45, 2.75) is 44.8 Å². The van der Waals surface area contributed by atoms with E-state index >= 15 is 0 Å². The van der Waals surface area contributed by atoms with Gasteiger partial charge in [0.2, 0.25) is 0 Å². The molecule has 146 valence electrons. The monoisotopic (exact) mass is 378 g/mol. The molecule has 6 heteroatoms. The number of rotatable bonds is 3. The van der Waals surface area contributed by atoms with Gasteiger partial charge in [-0.05, 0) is 50.1 Å². The van der Waals surface area contributed by atoms with Crippen LogP contribution in [0.25, 0.3) is 22.2 Å². The molecule has 0 aliphatic carbocycles. The summed E-state index contributed by atoms with van der Waals surface area (Å²) in [5.74, 6) is 0.817. The van der Waals surface area contributed by atoms with Crippen LogP contribution in [0.2, 0.25) is 0 Å². The smallest absolute Gasteiger partial charge is 0.153 e. The molecule has 0 amide bonds. The normalized spacial score (nSPS) is 19.0. The molecule has 1 spiro atoms. The summed E-state index contributed by atoms with van der Waals surface area (Å²) >= 11 is 0. The Morgan fingerprint density at radius 3 is 2.79 bits per heavy atom. The van der Waals surface area contributed by atoms with Crippen LogP contribution in [0.15, 0.2) is 30.5 Å². The molecule has 6 nitrogen and oxygen atoms in total. The van der Waals surface area contributed by atoms with Crippen LogP contribution in [0.4, 0.5) is 5.82 Å². The summed E-state index contributed by atoms with van der Waals surface area (Å²) in [6.45, 7) is 4.57. The number of nitrogens with one attached hydrogen (secondary N) is 1. The van der Waals surface area contributed by atoms with Crippen molar-refractivity contribution in [1.29, 1.82) is 0 Å². The van der Waals surface area contributed by atoms with Gasteiger partial charge in [0.1, 0.15) is 5.69 Å². The van der Waals surface area contributed by atoms with Crippen LogP contribution in [0.5, 0.6) is 0 Å². The highest BCUT2D eigenvalue weighted by molar-refractivity contribution is 5.84. The van der Waals surface area contributed by atoms with Crippen molar-refractivity contribution in [1.82, 2.24) is 15.0 Å². The largest absolute Gasteiger partial charge is 0.390 e. The van der Waals surface area contributed by atoms with Gasteiger partial charge in [-0.3, -0.25) is 0 Å². The van der Waals surface area contributed by atoms with Gasteiger partial charge in [0, 0.05) is 37.0 Å². The Morgan fingerprint density at radius 1 is 1.18 bits per heavy atom. The van der Waals surface area contributed by atoms with Crippen molar-refractivity contribution < 1.29 is 9.84 Å². The van der Waals surface area contributed by atoms with Crippen LogP contribution >= 0.6 is 0 Å². The molecule has 5 rings (SSSR count). The molecule has 28 heavy (non-hydrogen) atoms. The molecular weight excluding hydrogens is 352 g/mol. The van der Waals surface area contributed by atoms with Crippen molar-refractivity contribution >= 4 is 16.7 Å². The Morgan fingerprint density at radius 2 is 2.04 bits per heavy atom. The third-order valence-corrected chi connectivity index (χ3v) is 6.26. The van der Waals surface area contributed by atoms with Gasteiger partial charge in [-0.15, -0.1) is 0 Å². The molecule has 0 saturated carbocycles. The van der Waals surface area contributed by atoms with Gasteiger partial charge in [-0.1, -0.05) is 12.1 Å². The molecule has 0 unspecified atom stereocenters. The molecule has 4 heterocycles. The number of hydrogen-bond acceptors (Lipinski definition) is 5. The fraction of sp³-hybridized carbons (Fsp3) is 0.455. The maximum atomic E-state index is 10.00. The van der Waals surface area contributed by atoms with Crippen LogP contribution in [0.3, 0.4) is 0 Å². The lowest BCUT2D eigenvalue weighted by Crippen LogP contribution is -2.44. The quantitative estimate of drug-likeness (QED) is 0.729. The van der Waals surface area contributed by atoms with E-state index in [4.69, 9.17) is 14.7 Å². The second-order valence-corrected chi connectivity index (χ2v) is 7.99. The zero-order chi connectivity index (χ0) is 19.1. The summed E-state index contributed by atoms with van der Waals surface area (Å²) in [7, 11) is 0. The summed E-state index contributed by atoms with van der Waals surface area (Å²) in [5.41, 5.74) is 4.52. The minimum Gasteiger partial charge on any atom is -0.390 e. The lowest BCUT2D eigenvalue weighted by molar-refractivity contribution is -0.0147. The van der Waals surface area contributed by atoms with Crippen LogP contribution in [0.1, 0.15) is 37.1 Å². The first kappa shape index (κ1) is 17.6. The number of fused-ring (bicyclic) bond motifs is 1. The molecule has 2 aliphatic heterocycles. The number of aliphatic hydroxyl groups excluding tert-OH is 1. The number of aliphatic hydroxyl groups is 1. The molecule has 2 N–H and O–H groups in total. The first-order valence-electron chi connectivity index (χ1n) is 10.1. The highest BCUT2D eigenvalue weighted by atomic mass is 16.5. The number of H-pyrrole nitrogens is 1. The summed E-state index contributed by atoms with van der Waals surface area (Å²) in [6.07, 6.45) is 6.30. The zero-order valence-corrected chi connectivity index (χ0v) is 16.2. The molecule has 2 aliphatic rings. The van der Waals surface area contributed by atoms with E-state index in [1.165, 1.54) is 18.2 Å². The first-order valence-corrected chi connectivity index (χ1v) is 10.1. The van der Waals surface area contributed by atoms with Gasteiger partial charge in [-0.25, -0.2) is 9.97 Å². The fourth-order valence-electron chi connectivity index (χ4n) is 4.65. The third-order valence-electron chi connectivity index (χ3n) is 6.26. The Bertz CT molecular complexity index is 997. The first-order chi connectivity index (χ1) is 13.7. The lowest BCUT2D eigenvalue weighted by atomic mass is 9.88. The van der Waals surface area contributed by atoms with Gasteiger partial charge < -0.3 is 19.7 Å². The molecule has 0 bridgehead atoms. The van der Waals surface area contributed by atoms with Gasteiger partial charge in [0.25, 0.3) is 0 Å². The molecule has 1 aromatic carbocycles. The maximum Gasteiger partial charge on any atom is 0.153 e. The second kappa shape index (κ2) is 6.87. The van der Waals surface area contributed by atoms with Crippen molar-refractivity contribution in [3.63, 3.8) is 0 Å². The van der Waals surface area contributed by atoms with Crippen molar-refractivity contribution in [3.05, 3.63) is 41.9 Å². The van der Waals surface area contributed by atoms with E-state index in [0.29, 0.717) is 5.69 Å². The summed E-state index contributed by atoms with van der Waals surface area (Å²) in [4.78, 5) is 15.2. The topological polar surface area (TPSA) is 74.3 Å². The number of anilines is 1. The molecule has 2 saturated heterocycles. The summed E-state index contributed by atoms with van der Waals surface area (Å²) in [6, 6.07) is 8.29. The van der Waals surface area contributed by atoms with Gasteiger partial charge in [0.05, 0.1) is 23.6 Å². The number of piperidine rings is 1. The van der Waals surface area contributed by atoms with Gasteiger partial charge in [0.15, 0.2) is 5.82 Å². The Hall–Kier alpha value is -2.44. The zero-order valence-electron chi connectivity index (χ0n) is 16.2. The standard InChI is InChI=1S/C22H26N4O2/c1-15-20(17-4-3-16-5-9-23-18(16)13-17)25-19(14-27)21(24-15)26-10-7-22(8-11-26)6-2-12-28-22/h3-5,9,13,23,27H,2,6-8,10-12,14H2,1H3. The number of aromatic amines is 1. The van der Waals surface area contributed by atoms with Crippen LogP contribution < -0.4 is 4.90 Å². The van der Waals surface area contributed by atoms with E-state index < -0.39 is 0 Å². The number of hydrogen-bond donors (Lipinski definition) is 2. The lowest BCUT2D eigenvalue weighted by Gasteiger charge is -2.39. The van der Waals surface area contributed by atoms with Gasteiger partial charge >= 0.3 is 0 Å². The molecule has 2 aromatic heterocycles. The Labute approximate surface area is 164 Å². The van der Waals surface area contributed by atoms with Gasteiger partial charge in [-0.2, -0.15) is 0 Å². The van der Waals surface area contributed by atoms with E-state index in [1.54, 1.807) is 0 Å². The number of benzene rings is 1. The van der Waals surface area contributed by atoms with E-state index in [0.717, 1.165) is 60.8 Å². The van der Waals surface area contributed by atoms with E-state index in [1.807, 2.05) is 13.1 Å². The fourth-order valence-corrected chi connectivity index (χ4v) is 4.65. The molecule has 0 radical (unpaired) electrons. The SMILES string of the molecule is Cc1nc(N2CCC3(CCCO3)CC2)c(CO)nc1-c1ccc2cc[nH]c2c1. The van der Waals surface area contributed by atoms with Crippen LogP contribution in [-0.2, 0) is 11.3 Å². The Balaban J connectivity index is 1.46. The van der Waals surface area contributed by atoms with E-state index in [-0.39, 0.29) is 12.2 Å². The van der Waals surface area contributed by atoms with E-state index in [2.05, 4.69) is 34.1 Å². The summed E-state index contributed by atoms with van der Waals surface area (Å²) in [5, 5.41) is 11.2. The predicted molar refractivity (Wildman–Crippen MR) is 109 cm³/mol. The van der Waals surface area contributed by atoms with Crippen LogP contribution in [-0.4, -0.2) is 45.4 Å². The highest BCUT2D eigenvalue weighted by Crippen LogP contribution is 2.37. The van der Waals surface area contributed by atoms with E-state index in [9.17, 15) is 5.11 Å². The number of aryl methyl sites for hydroxylation is 1. The molecule has 2 fully saturated rings. The minimum atomic E-state index is -0.113. The van der Waals surface area contributed by atoms with Crippen LogP contribution in [0, 0.1) is 6.92 Å². The minimum absolute atomic E-state index is 0.0732. The highest BCUT2D eigenvalue weighted by Gasteiger charge is 2.39. The summed E-state index contributed by atoms with van der Waals surface area (Å²) < 4.78 is 6.04. The van der Waals surface area contributed by atoms with Crippen molar-refractivity contribution in [3.8, 4) is 11.3 Å². The molecular formula is C22H26N4O2. The average molecular weight is 378 g/mol. The second-order valence-electron chi connectivity index (χ2n) is 7.99. The Kier molecular flexibility index (Phi) is 4.33. The number of nitrogens with zero attached hydrogens (tertiary/aromatic N) is 3. The van der Waals surface area contributed by atoms with Crippen molar-refractivity contribution in [2.75, 3.05) is 24.6 Å². The number of aromatic nitrogens is 3. The maximum absolute atomic E-state index is 10.00. The number of ether oxygens (including phenoxy) is 1.